The van der Waals surface area contributed by atoms with Gasteiger partial charge in [-0.2, -0.15) is 0 Å². The van der Waals surface area contributed by atoms with E-state index in [9.17, 15) is 4.79 Å². The van der Waals surface area contributed by atoms with Gasteiger partial charge in [-0.1, -0.05) is 0 Å². The van der Waals surface area contributed by atoms with Crippen molar-refractivity contribution in [3.63, 3.8) is 0 Å². The van der Waals surface area contributed by atoms with Crippen molar-refractivity contribution in [1.82, 2.24) is 5.32 Å². The molecule has 0 spiro atoms. The molecule has 0 aromatic heterocycles. The molecule has 3 heteroatoms. The minimum Gasteiger partial charge on any atom is -0.356 e. The fourth-order valence-electron chi connectivity index (χ4n) is 1.27. The Bertz CT molecular complexity index is 166. The highest BCUT2D eigenvalue weighted by Crippen LogP contribution is 2.31. The predicted octanol–water partition coefficient (Wildman–Crippen LogP) is 2.31. The van der Waals surface area contributed by atoms with E-state index in [-0.39, 0.29) is 11.3 Å². The molecule has 1 saturated carbocycles. The zero-order valence-electron chi connectivity index (χ0n) is 8.18. The van der Waals surface area contributed by atoms with E-state index in [1.54, 1.807) is 0 Å². The molecule has 0 aromatic rings. The van der Waals surface area contributed by atoms with Gasteiger partial charge in [0.1, 0.15) is 0 Å². The molecule has 1 atom stereocenters. The van der Waals surface area contributed by atoms with E-state index in [1.807, 2.05) is 6.92 Å². The number of alkyl halides is 1. The third-order valence-corrected chi connectivity index (χ3v) is 2.49. The quantitative estimate of drug-likeness (QED) is 0.521. The molecular weight excluding hydrogens is 186 g/mol. The summed E-state index contributed by atoms with van der Waals surface area (Å²) in [6.45, 7) is 2.76. The lowest BCUT2D eigenvalue weighted by molar-refractivity contribution is -0.121. The van der Waals surface area contributed by atoms with Crippen LogP contribution in [0.4, 0.5) is 0 Å². The normalized spacial score (nSPS) is 18.3. The number of rotatable bonds is 6. The van der Waals surface area contributed by atoms with E-state index in [1.165, 1.54) is 12.8 Å². The van der Waals surface area contributed by atoms with Gasteiger partial charge in [0.2, 0.25) is 5.91 Å². The first-order valence-electron chi connectivity index (χ1n) is 5.09. The number of amides is 1. The average Bonchev–Trinajstić information content (AvgIpc) is 2.81. The Labute approximate surface area is 85.0 Å². The van der Waals surface area contributed by atoms with Crippen molar-refractivity contribution < 1.29 is 4.79 Å². The fourth-order valence-corrected chi connectivity index (χ4v) is 1.42. The third kappa shape index (κ3) is 5.92. The smallest absolute Gasteiger partial charge is 0.220 e. The number of hydrogen-bond acceptors (Lipinski definition) is 1. The van der Waals surface area contributed by atoms with Gasteiger partial charge in [0.15, 0.2) is 0 Å². The Balaban J connectivity index is 1.89. The number of carbonyl (C=O) groups excluding carboxylic acids is 1. The second-order valence-electron chi connectivity index (χ2n) is 3.92. The van der Waals surface area contributed by atoms with Crippen LogP contribution in [-0.4, -0.2) is 17.8 Å². The second-order valence-corrected chi connectivity index (χ2v) is 4.67. The molecule has 0 bridgehead atoms. The van der Waals surface area contributed by atoms with Gasteiger partial charge in [-0.3, -0.25) is 4.79 Å². The molecule has 1 fully saturated rings. The van der Waals surface area contributed by atoms with Crippen LogP contribution in [0.25, 0.3) is 0 Å². The first-order valence-corrected chi connectivity index (χ1v) is 5.53. The molecular formula is C10H18ClNO. The monoisotopic (exact) mass is 203 g/mol. The molecule has 1 amide bonds. The van der Waals surface area contributed by atoms with Crippen molar-refractivity contribution in [1.29, 1.82) is 0 Å². The van der Waals surface area contributed by atoms with Crippen LogP contribution in [0.5, 0.6) is 0 Å². The summed E-state index contributed by atoms with van der Waals surface area (Å²) in [6, 6.07) is 0. The Morgan fingerprint density at radius 1 is 1.62 bits per heavy atom. The summed E-state index contributed by atoms with van der Waals surface area (Å²) in [7, 11) is 0. The Morgan fingerprint density at radius 2 is 2.31 bits per heavy atom. The van der Waals surface area contributed by atoms with Crippen LogP contribution < -0.4 is 5.32 Å². The molecule has 1 N–H and O–H groups in total. The molecule has 0 aliphatic heterocycles. The van der Waals surface area contributed by atoms with Crippen LogP contribution in [0.3, 0.4) is 0 Å². The number of carbonyl (C=O) groups is 1. The summed E-state index contributed by atoms with van der Waals surface area (Å²) in [6.07, 6.45) is 5.18. The van der Waals surface area contributed by atoms with E-state index < -0.39 is 0 Å². The Morgan fingerprint density at radius 3 is 2.85 bits per heavy atom. The topological polar surface area (TPSA) is 29.1 Å². The van der Waals surface area contributed by atoms with Crippen molar-refractivity contribution in [2.24, 2.45) is 5.92 Å². The standard InChI is InChI=1S/C10H18ClNO/c1-8(11)3-2-6-12-10(13)7-9-4-5-9/h8-9H,2-7H2,1H3,(H,12,13). The molecule has 1 aliphatic carbocycles. The van der Waals surface area contributed by atoms with Gasteiger partial charge in [-0.25, -0.2) is 0 Å². The van der Waals surface area contributed by atoms with E-state index in [0.29, 0.717) is 5.92 Å². The highest BCUT2D eigenvalue weighted by Gasteiger charge is 2.23. The molecule has 0 radical (unpaired) electrons. The van der Waals surface area contributed by atoms with Crippen LogP contribution >= 0.6 is 11.6 Å². The van der Waals surface area contributed by atoms with E-state index in [4.69, 9.17) is 11.6 Å². The second kappa shape index (κ2) is 5.48. The lowest BCUT2D eigenvalue weighted by atomic mass is 10.2. The highest BCUT2D eigenvalue weighted by molar-refractivity contribution is 6.20. The summed E-state index contributed by atoms with van der Waals surface area (Å²) < 4.78 is 0. The summed E-state index contributed by atoms with van der Waals surface area (Å²) in [4.78, 5) is 11.2. The molecule has 1 unspecified atom stereocenters. The van der Waals surface area contributed by atoms with Crippen LogP contribution in [-0.2, 0) is 4.79 Å². The summed E-state index contributed by atoms with van der Waals surface area (Å²) in [5.74, 6) is 0.900. The number of halogens is 1. The van der Waals surface area contributed by atoms with Gasteiger partial charge in [-0.15, -0.1) is 11.6 Å². The largest absolute Gasteiger partial charge is 0.356 e. The molecule has 13 heavy (non-hydrogen) atoms. The molecule has 1 aliphatic rings. The van der Waals surface area contributed by atoms with Crippen molar-refractivity contribution >= 4 is 17.5 Å². The molecule has 0 heterocycles. The van der Waals surface area contributed by atoms with Gasteiger partial charge in [0, 0.05) is 18.3 Å². The average molecular weight is 204 g/mol. The SMILES string of the molecule is CC(Cl)CCCNC(=O)CC1CC1. The molecule has 0 aromatic carbocycles. The predicted molar refractivity (Wildman–Crippen MR) is 54.9 cm³/mol. The minimum absolute atomic E-state index is 0.213. The maximum absolute atomic E-state index is 11.2. The van der Waals surface area contributed by atoms with Gasteiger partial charge >= 0.3 is 0 Å². The number of nitrogens with one attached hydrogen (secondary N) is 1. The summed E-state index contributed by atoms with van der Waals surface area (Å²) >= 11 is 5.77. The third-order valence-electron chi connectivity index (χ3n) is 2.27. The van der Waals surface area contributed by atoms with E-state index >= 15 is 0 Å². The Hall–Kier alpha value is -0.240. The van der Waals surface area contributed by atoms with Crippen LogP contribution in [0, 0.1) is 5.92 Å². The van der Waals surface area contributed by atoms with Crippen molar-refractivity contribution in [2.75, 3.05) is 6.54 Å². The lowest BCUT2D eigenvalue weighted by Gasteiger charge is -2.05. The first kappa shape index (κ1) is 10.8. The molecule has 2 nitrogen and oxygen atoms in total. The van der Waals surface area contributed by atoms with Crippen LogP contribution in [0.15, 0.2) is 0 Å². The maximum Gasteiger partial charge on any atom is 0.220 e. The minimum atomic E-state index is 0.213. The molecule has 0 saturated heterocycles. The fraction of sp³-hybridized carbons (Fsp3) is 0.900. The molecule has 1 rings (SSSR count). The van der Waals surface area contributed by atoms with Gasteiger partial charge in [-0.05, 0) is 38.5 Å². The maximum atomic E-state index is 11.2. The molecule has 76 valence electrons. The summed E-state index contributed by atoms with van der Waals surface area (Å²) in [5, 5.41) is 3.13. The Kier molecular flexibility index (Phi) is 4.57. The van der Waals surface area contributed by atoms with Gasteiger partial charge in [0.25, 0.3) is 0 Å². The first-order chi connectivity index (χ1) is 6.18. The zero-order valence-corrected chi connectivity index (χ0v) is 8.94. The zero-order chi connectivity index (χ0) is 9.68. The van der Waals surface area contributed by atoms with Crippen LogP contribution in [0.2, 0.25) is 0 Å². The highest BCUT2D eigenvalue weighted by atomic mass is 35.5. The van der Waals surface area contributed by atoms with Gasteiger partial charge in [0.05, 0.1) is 0 Å². The van der Waals surface area contributed by atoms with Crippen molar-refractivity contribution in [3.05, 3.63) is 0 Å². The van der Waals surface area contributed by atoms with Gasteiger partial charge < -0.3 is 5.32 Å². The van der Waals surface area contributed by atoms with E-state index in [0.717, 1.165) is 25.8 Å². The van der Waals surface area contributed by atoms with Crippen molar-refractivity contribution in [2.45, 2.75) is 44.4 Å². The van der Waals surface area contributed by atoms with Crippen molar-refractivity contribution in [3.8, 4) is 0 Å². The van der Waals surface area contributed by atoms with E-state index in [2.05, 4.69) is 5.32 Å². The number of hydrogen-bond donors (Lipinski definition) is 1. The summed E-state index contributed by atoms with van der Waals surface area (Å²) in [5.41, 5.74) is 0. The lowest BCUT2D eigenvalue weighted by Crippen LogP contribution is -2.24. The van der Waals surface area contributed by atoms with Crippen LogP contribution in [0.1, 0.15) is 39.0 Å².